The van der Waals surface area contributed by atoms with Crippen molar-refractivity contribution in [1.29, 1.82) is 0 Å². The molecule has 0 radical (unpaired) electrons. The van der Waals surface area contributed by atoms with Gasteiger partial charge in [-0.2, -0.15) is 4.98 Å². The van der Waals surface area contributed by atoms with Crippen LogP contribution < -0.4 is 4.74 Å². The van der Waals surface area contributed by atoms with Gasteiger partial charge in [0.1, 0.15) is 10.4 Å². The topological polar surface area (TPSA) is 35.0 Å². The zero-order valence-electron chi connectivity index (χ0n) is 10.0. The van der Waals surface area contributed by atoms with Crippen molar-refractivity contribution in [3.8, 4) is 5.88 Å². The number of rotatable bonds is 7. The molecule has 0 aromatic carbocycles. The first-order valence-electron chi connectivity index (χ1n) is 5.86. The van der Waals surface area contributed by atoms with E-state index < -0.39 is 0 Å². The Bertz CT molecular complexity index is 298. The third-order valence-electron chi connectivity index (χ3n) is 2.28. The molecule has 0 spiro atoms. The van der Waals surface area contributed by atoms with Gasteiger partial charge in [-0.3, -0.25) is 0 Å². The third-order valence-corrected chi connectivity index (χ3v) is 2.69. The standard InChI is InChI=1S/C12H19BrN2O/c1-3-4-5-6-7-8-16-12-9-11(13)14-10(2)15-12/h9H,3-8H2,1-2H3. The lowest BCUT2D eigenvalue weighted by atomic mass is 10.2. The van der Waals surface area contributed by atoms with Crippen molar-refractivity contribution in [2.45, 2.75) is 46.0 Å². The smallest absolute Gasteiger partial charge is 0.217 e. The van der Waals surface area contributed by atoms with Gasteiger partial charge >= 0.3 is 0 Å². The Morgan fingerprint density at radius 1 is 1.19 bits per heavy atom. The number of aromatic nitrogens is 2. The Hall–Kier alpha value is -0.640. The molecule has 1 aromatic heterocycles. The number of nitrogens with zero attached hydrogens (tertiary/aromatic N) is 2. The van der Waals surface area contributed by atoms with Crippen molar-refractivity contribution in [1.82, 2.24) is 9.97 Å². The molecular weight excluding hydrogens is 268 g/mol. The highest BCUT2D eigenvalue weighted by Gasteiger charge is 2.00. The van der Waals surface area contributed by atoms with Gasteiger partial charge in [0.25, 0.3) is 0 Å². The minimum absolute atomic E-state index is 0.662. The van der Waals surface area contributed by atoms with Crippen LogP contribution in [-0.2, 0) is 0 Å². The van der Waals surface area contributed by atoms with Crippen molar-refractivity contribution in [2.75, 3.05) is 6.61 Å². The van der Waals surface area contributed by atoms with Crippen molar-refractivity contribution in [3.63, 3.8) is 0 Å². The van der Waals surface area contributed by atoms with E-state index in [1.54, 1.807) is 6.07 Å². The summed E-state index contributed by atoms with van der Waals surface area (Å²) in [4.78, 5) is 8.33. The Morgan fingerprint density at radius 3 is 2.62 bits per heavy atom. The van der Waals surface area contributed by atoms with Crippen molar-refractivity contribution < 1.29 is 4.74 Å². The van der Waals surface area contributed by atoms with E-state index in [-0.39, 0.29) is 0 Å². The summed E-state index contributed by atoms with van der Waals surface area (Å²) in [5.41, 5.74) is 0. The van der Waals surface area contributed by atoms with E-state index in [4.69, 9.17) is 4.74 Å². The van der Waals surface area contributed by atoms with Gasteiger partial charge in [-0.05, 0) is 29.3 Å². The zero-order chi connectivity index (χ0) is 11.8. The summed E-state index contributed by atoms with van der Waals surface area (Å²) < 4.78 is 6.35. The fourth-order valence-corrected chi connectivity index (χ4v) is 1.91. The predicted octanol–water partition coefficient (Wildman–Crippen LogP) is 3.90. The molecule has 16 heavy (non-hydrogen) atoms. The summed E-state index contributed by atoms with van der Waals surface area (Å²) in [6, 6.07) is 1.80. The fraction of sp³-hybridized carbons (Fsp3) is 0.667. The molecule has 0 saturated carbocycles. The molecule has 0 saturated heterocycles. The second-order valence-corrected chi connectivity index (χ2v) is 4.65. The molecule has 1 rings (SSSR count). The molecule has 0 aliphatic heterocycles. The molecule has 1 heterocycles. The van der Waals surface area contributed by atoms with Gasteiger partial charge < -0.3 is 4.74 Å². The highest BCUT2D eigenvalue weighted by atomic mass is 79.9. The average molecular weight is 287 g/mol. The molecule has 0 unspecified atom stereocenters. The third kappa shape index (κ3) is 5.45. The Morgan fingerprint density at radius 2 is 1.94 bits per heavy atom. The number of unbranched alkanes of at least 4 members (excludes halogenated alkanes) is 4. The van der Waals surface area contributed by atoms with Crippen molar-refractivity contribution in [3.05, 3.63) is 16.5 Å². The highest BCUT2D eigenvalue weighted by molar-refractivity contribution is 9.10. The molecule has 0 bridgehead atoms. The van der Waals surface area contributed by atoms with Crippen LogP contribution in [0.3, 0.4) is 0 Å². The fourth-order valence-electron chi connectivity index (χ4n) is 1.46. The normalized spacial score (nSPS) is 10.4. The number of hydrogen-bond acceptors (Lipinski definition) is 3. The summed E-state index contributed by atoms with van der Waals surface area (Å²) in [6.07, 6.45) is 6.23. The molecule has 1 aromatic rings. The molecule has 0 fully saturated rings. The SMILES string of the molecule is CCCCCCCOc1cc(Br)nc(C)n1. The largest absolute Gasteiger partial charge is 0.478 e. The summed E-state index contributed by atoms with van der Waals surface area (Å²) in [7, 11) is 0. The van der Waals surface area contributed by atoms with Crippen LogP contribution in [0.4, 0.5) is 0 Å². The molecule has 90 valence electrons. The first-order chi connectivity index (χ1) is 7.72. The van der Waals surface area contributed by atoms with E-state index in [2.05, 4.69) is 32.8 Å². The number of aryl methyl sites for hydroxylation is 1. The molecule has 0 N–H and O–H groups in total. The van der Waals surface area contributed by atoms with Crippen LogP contribution in [0.5, 0.6) is 5.88 Å². The van der Waals surface area contributed by atoms with Crippen molar-refractivity contribution in [2.24, 2.45) is 0 Å². The van der Waals surface area contributed by atoms with Crippen LogP contribution in [0.25, 0.3) is 0 Å². The van der Waals surface area contributed by atoms with E-state index >= 15 is 0 Å². The predicted molar refractivity (Wildman–Crippen MR) is 68.7 cm³/mol. The van der Waals surface area contributed by atoms with E-state index in [9.17, 15) is 0 Å². The first-order valence-corrected chi connectivity index (χ1v) is 6.65. The summed E-state index contributed by atoms with van der Waals surface area (Å²) >= 11 is 3.33. The molecule has 0 aliphatic rings. The molecule has 4 heteroatoms. The van der Waals surface area contributed by atoms with Gasteiger partial charge in [0.2, 0.25) is 5.88 Å². The summed E-state index contributed by atoms with van der Waals surface area (Å²) in [5, 5.41) is 0. The second-order valence-electron chi connectivity index (χ2n) is 3.84. The maximum Gasteiger partial charge on any atom is 0.217 e. The maximum atomic E-state index is 5.57. The highest BCUT2D eigenvalue weighted by Crippen LogP contribution is 2.14. The lowest BCUT2D eigenvalue weighted by molar-refractivity contribution is 0.292. The van der Waals surface area contributed by atoms with E-state index in [1.165, 1.54) is 25.7 Å². The summed E-state index contributed by atoms with van der Waals surface area (Å²) in [5.74, 6) is 1.39. The zero-order valence-corrected chi connectivity index (χ0v) is 11.6. The minimum atomic E-state index is 0.662. The van der Waals surface area contributed by atoms with Gasteiger partial charge in [-0.1, -0.05) is 32.6 Å². The lowest BCUT2D eigenvalue weighted by Gasteiger charge is -2.05. The Balaban J connectivity index is 2.21. The quantitative estimate of drug-likeness (QED) is 0.563. The average Bonchev–Trinajstić information content (AvgIpc) is 2.22. The van der Waals surface area contributed by atoms with Crippen LogP contribution in [0.2, 0.25) is 0 Å². The van der Waals surface area contributed by atoms with Gasteiger partial charge in [0.05, 0.1) is 6.61 Å². The minimum Gasteiger partial charge on any atom is -0.478 e. The van der Waals surface area contributed by atoms with Gasteiger partial charge in [0.15, 0.2) is 0 Å². The van der Waals surface area contributed by atoms with Crippen LogP contribution in [0.1, 0.15) is 44.9 Å². The molecular formula is C12H19BrN2O. The van der Waals surface area contributed by atoms with Gasteiger partial charge in [0, 0.05) is 6.07 Å². The molecule has 0 aliphatic carbocycles. The lowest BCUT2D eigenvalue weighted by Crippen LogP contribution is -2.01. The Kier molecular flexibility index (Phi) is 6.38. The van der Waals surface area contributed by atoms with E-state index in [0.717, 1.165) is 23.5 Å². The maximum absolute atomic E-state index is 5.57. The number of hydrogen-bond donors (Lipinski definition) is 0. The molecule has 3 nitrogen and oxygen atoms in total. The second kappa shape index (κ2) is 7.60. The van der Waals surface area contributed by atoms with Crippen LogP contribution >= 0.6 is 15.9 Å². The van der Waals surface area contributed by atoms with Crippen LogP contribution in [0.15, 0.2) is 10.7 Å². The molecule has 0 atom stereocenters. The monoisotopic (exact) mass is 286 g/mol. The van der Waals surface area contributed by atoms with Gasteiger partial charge in [-0.15, -0.1) is 0 Å². The van der Waals surface area contributed by atoms with E-state index in [0.29, 0.717) is 5.88 Å². The summed E-state index contributed by atoms with van der Waals surface area (Å²) in [6.45, 7) is 4.82. The van der Waals surface area contributed by atoms with Crippen molar-refractivity contribution >= 4 is 15.9 Å². The Labute approximate surface area is 106 Å². The van der Waals surface area contributed by atoms with E-state index in [1.807, 2.05) is 6.92 Å². The van der Waals surface area contributed by atoms with Crippen LogP contribution in [-0.4, -0.2) is 16.6 Å². The molecule has 0 amide bonds. The number of halogens is 1. The van der Waals surface area contributed by atoms with Gasteiger partial charge in [-0.25, -0.2) is 4.98 Å². The van der Waals surface area contributed by atoms with Crippen LogP contribution in [0, 0.1) is 6.92 Å². The number of ether oxygens (including phenoxy) is 1. The first kappa shape index (κ1) is 13.4.